The van der Waals surface area contributed by atoms with Gasteiger partial charge in [0, 0.05) is 0 Å². The minimum atomic E-state index is -0.410. The number of nitrogens with two attached hydrogens (primary N) is 1. The first-order chi connectivity index (χ1) is 6.29. The average Bonchev–Trinajstić information content (AvgIpc) is 2.72. The van der Waals surface area contributed by atoms with E-state index in [2.05, 4.69) is 31.1 Å². The van der Waals surface area contributed by atoms with E-state index in [0.29, 0.717) is 11.6 Å². The summed E-state index contributed by atoms with van der Waals surface area (Å²) in [6, 6.07) is 1.37. The summed E-state index contributed by atoms with van der Waals surface area (Å²) < 4.78 is 6.02. The maximum atomic E-state index is 5.85. The Balaban J connectivity index is 2.33. The maximum absolute atomic E-state index is 5.85. The van der Waals surface area contributed by atoms with Crippen molar-refractivity contribution in [3.8, 4) is 0 Å². The van der Waals surface area contributed by atoms with Crippen molar-refractivity contribution in [2.45, 2.75) is 6.04 Å². The van der Waals surface area contributed by atoms with Gasteiger partial charge < -0.3 is 10.2 Å². The Morgan fingerprint density at radius 2 is 2.46 bits per heavy atom. The number of nitrogens with zero attached hydrogens (tertiary/aromatic N) is 2. The summed E-state index contributed by atoms with van der Waals surface area (Å²) in [7, 11) is 0. The number of H-pyrrole nitrogens is 1. The highest BCUT2D eigenvalue weighted by Gasteiger charge is 2.17. The van der Waals surface area contributed by atoms with E-state index < -0.39 is 6.04 Å². The Hall–Kier alpha value is -1.14. The van der Waals surface area contributed by atoms with Crippen LogP contribution in [0.2, 0.25) is 0 Å². The van der Waals surface area contributed by atoms with Gasteiger partial charge in [-0.25, -0.2) is 4.98 Å². The van der Waals surface area contributed by atoms with E-state index in [1.807, 2.05) is 0 Å². The highest BCUT2D eigenvalue weighted by atomic mass is 79.9. The Morgan fingerprint density at radius 1 is 1.62 bits per heavy atom. The van der Waals surface area contributed by atoms with Gasteiger partial charge in [0.05, 0.1) is 10.7 Å². The van der Waals surface area contributed by atoms with Crippen LogP contribution >= 0.6 is 15.9 Å². The lowest BCUT2D eigenvalue weighted by Gasteiger charge is -2.04. The zero-order valence-corrected chi connectivity index (χ0v) is 8.15. The van der Waals surface area contributed by atoms with Crippen molar-refractivity contribution in [3.05, 3.63) is 34.7 Å². The van der Waals surface area contributed by atoms with Crippen LogP contribution in [0.5, 0.6) is 0 Å². The molecule has 0 saturated heterocycles. The maximum Gasteiger partial charge on any atom is 0.149 e. The highest BCUT2D eigenvalue weighted by Crippen LogP contribution is 2.25. The summed E-state index contributed by atoms with van der Waals surface area (Å²) in [5, 5.41) is 6.40. The molecule has 0 aliphatic rings. The standard InChI is InChI=1S/C7H7BrN4O/c8-4-1-2-13-6(4)5(9)7-10-3-11-12-7/h1-3,5H,9H2,(H,10,11,12). The molecule has 1 unspecified atom stereocenters. The molecule has 0 fully saturated rings. The number of furan rings is 1. The molecule has 5 nitrogen and oxygen atoms in total. The first-order valence-electron chi connectivity index (χ1n) is 3.63. The number of aromatic amines is 1. The van der Waals surface area contributed by atoms with E-state index in [0.717, 1.165) is 4.47 Å². The summed E-state index contributed by atoms with van der Waals surface area (Å²) >= 11 is 3.32. The molecule has 2 heterocycles. The van der Waals surface area contributed by atoms with Crippen LogP contribution in [0.15, 0.2) is 27.5 Å². The third-order valence-electron chi connectivity index (χ3n) is 1.66. The predicted octanol–water partition coefficient (Wildman–Crippen LogP) is 1.21. The summed E-state index contributed by atoms with van der Waals surface area (Å²) in [5.74, 6) is 1.22. The van der Waals surface area contributed by atoms with E-state index in [1.54, 1.807) is 12.3 Å². The Morgan fingerprint density at radius 3 is 3.00 bits per heavy atom. The average molecular weight is 243 g/mol. The van der Waals surface area contributed by atoms with Crippen LogP contribution in [-0.2, 0) is 0 Å². The van der Waals surface area contributed by atoms with Crippen molar-refractivity contribution in [1.82, 2.24) is 15.2 Å². The van der Waals surface area contributed by atoms with Gasteiger partial charge in [0.2, 0.25) is 0 Å². The molecule has 2 aromatic heterocycles. The third-order valence-corrected chi connectivity index (χ3v) is 2.31. The second-order valence-corrected chi connectivity index (χ2v) is 3.34. The lowest BCUT2D eigenvalue weighted by Crippen LogP contribution is -2.13. The molecule has 1 atom stereocenters. The van der Waals surface area contributed by atoms with Crippen molar-refractivity contribution in [1.29, 1.82) is 0 Å². The monoisotopic (exact) mass is 242 g/mol. The highest BCUT2D eigenvalue weighted by molar-refractivity contribution is 9.10. The second-order valence-electron chi connectivity index (χ2n) is 2.48. The number of hydrogen-bond donors (Lipinski definition) is 2. The van der Waals surface area contributed by atoms with Gasteiger partial charge in [-0.15, -0.1) is 0 Å². The van der Waals surface area contributed by atoms with Gasteiger partial charge in [-0.3, -0.25) is 5.10 Å². The van der Waals surface area contributed by atoms with E-state index in [9.17, 15) is 0 Å². The number of nitrogens with one attached hydrogen (secondary N) is 1. The van der Waals surface area contributed by atoms with Crippen LogP contribution in [0.3, 0.4) is 0 Å². The molecule has 0 spiro atoms. The third kappa shape index (κ3) is 1.50. The second kappa shape index (κ2) is 3.31. The lowest BCUT2D eigenvalue weighted by molar-refractivity contribution is 0.480. The van der Waals surface area contributed by atoms with E-state index in [4.69, 9.17) is 10.2 Å². The fourth-order valence-electron chi connectivity index (χ4n) is 1.02. The largest absolute Gasteiger partial charge is 0.466 e. The quantitative estimate of drug-likeness (QED) is 0.830. The van der Waals surface area contributed by atoms with Gasteiger partial charge >= 0.3 is 0 Å². The fraction of sp³-hybridized carbons (Fsp3) is 0.143. The van der Waals surface area contributed by atoms with Gasteiger partial charge in [0.15, 0.2) is 0 Å². The fourth-order valence-corrected chi connectivity index (χ4v) is 1.46. The SMILES string of the molecule is NC(c1ncn[nH]1)c1occc1Br. The number of aromatic nitrogens is 3. The summed E-state index contributed by atoms with van der Waals surface area (Å²) in [6.07, 6.45) is 2.97. The zero-order chi connectivity index (χ0) is 9.26. The van der Waals surface area contributed by atoms with Gasteiger partial charge in [0.1, 0.15) is 24.0 Å². The van der Waals surface area contributed by atoms with Crippen LogP contribution < -0.4 is 5.73 Å². The van der Waals surface area contributed by atoms with Gasteiger partial charge in [-0.05, 0) is 22.0 Å². The molecule has 0 amide bonds. The van der Waals surface area contributed by atoms with Crippen molar-refractivity contribution < 1.29 is 4.42 Å². The first-order valence-corrected chi connectivity index (χ1v) is 4.42. The molecule has 2 aromatic rings. The van der Waals surface area contributed by atoms with Crippen molar-refractivity contribution >= 4 is 15.9 Å². The Kier molecular flexibility index (Phi) is 2.15. The normalized spacial score (nSPS) is 13.1. The lowest BCUT2D eigenvalue weighted by atomic mass is 10.2. The van der Waals surface area contributed by atoms with E-state index in [1.165, 1.54) is 6.33 Å². The van der Waals surface area contributed by atoms with Crippen LogP contribution in [-0.4, -0.2) is 15.2 Å². The van der Waals surface area contributed by atoms with Crippen LogP contribution in [0.4, 0.5) is 0 Å². The molecular formula is C7H7BrN4O. The summed E-state index contributed by atoms with van der Waals surface area (Å²) in [4.78, 5) is 3.94. The molecule has 13 heavy (non-hydrogen) atoms. The molecule has 2 rings (SSSR count). The minimum Gasteiger partial charge on any atom is -0.466 e. The molecular weight excluding hydrogens is 236 g/mol. The number of halogens is 1. The van der Waals surface area contributed by atoms with Gasteiger partial charge in [0.25, 0.3) is 0 Å². The topological polar surface area (TPSA) is 80.7 Å². The first kappa shape index (κ1) is 8.46. The zero-order valence-electron chi connectivity index (χ0n) is 6.57. The molecule has 68 valence electrons. The minimum absolute atomic E-state index is 0.410. The Bertz CT molecular complexity index is 383. The van der Waals surface area contributed by atoms with E-state index >= 15 is 0 Å². The van der Waals surface area contributed by atoms with Crippen LogP contribution in [0, 0.1) is 0 Å². The molecule has 0 aromatic carbocycles. The number of rotatable bonds is 2. The van der Waals surface area contributed by atoms with Crippen molar-refractivity contribution in [2.75, 3.05) is 0 Å². The molecule has 6 heteroatoms. The smallest absolute Gasteiger partial charge is 0.149 e. The Labute approximate surface area is 82.5 Å². The van der Waals surface area contributed by atoms with Crippen LogP contribution in [0.25, 0.3) is 0 Å². The summed E-state index contributed by atoms with van der Waals surface area (Å²) in [6.45, 7) is 0. The number of hydrogen-bond acceptors (Lipinski definition) is 4. The van der Waals surface area contributed by atoms with E-state index in [-0.39, 0.29) is 0 Å². The molecule has 0 aliphatic carbocycles. The summed E-state index contributed by atoms with van der Waals surface area (Å²) in [5.41, 5.74) is 5.85. The van der Waals surface area contributed by atoms with Gasteiger partial charge in [-0.1, -0.05) is 0 Å². The molecule has 0 aliphatic heterocycles. The van der Waals surface area contributed by atoms with Crippen LogP contribution in [0.1, 0.15) is 17.6 Å². The molecule has 0 radical (unpaired) electrons. The van der Waals surface area contributed by atoms with Gasteiger partial charge in [-0.2, -0.15) is 5.10 Å². The van der Waals surface area contributed by atoms with Crippen molar-refractivity contribution in [2.24, 2.45) is 5.73 Å². The molecule has 3 N–H and O–H groups in total. The van der Waals surface area contributed by atoms with Crippen molar-refractivity contribution in [3.63, 3.8) is 0 Å². The predicted molar refractivity (Wildman–Crippen MR) is 48.8 cm³/mol. The molecule has 0 bridgehead atoms. The molecule has 0 saturated carbocycles.